The molecule has 100 valence electrons. The largest absolute Gasteiger partial charge is 0.324 e. The molecule has 2 aromatic carbocycles. The molecule has 0 radical (unpaired) electrons. The Bertz CT molecular complexity index is 578. The summed E-state index contributed by atoms with van der Waals surface area (Å²) in [6, 6.07) is 10.5. The summed E-state index contributed by atoms with van der Waals surface area (Å²) in [6.45, 7) is 0. The molecule has 0 aromatic heterocycles. The van der Waals surface area contributed by atoms with Crippen molar-refractivity contribution in [1.82, 2.24) is 0 Å². The quantitative estimate of drug-likeness (QED) is 0.783. The highest BCUT2D eigenvalue weighted by Crippen LogP contribution is 2.30. The molecular weight excluding hydrogens is 324 g/mol. The standard InChI is InChI=1S/C14H11Cl4N/c15-10-4-9(5-11(16)7-10)13(19)6-8-2-1-3-12(17)14(8)18/h1-5,7,13H,6,19H2. The van der Waals surface area contributed by atoms with Gasteiger partial charge >= 0.3 is 0 Å². The lowest BCUT2D eigenvalue weighted by Gasteiger charge is -2.14. The fraction of sp³-hybridized carbons (Fsp3) is 0.143. The van der Waals surface area contributed by atoms with Crippen LogP contribution in [0.4, 0.5) is 0 Å². The first kappa shape index (κ1) is 15.0. The van der Waals surface area contributed by atoms with Crippen LogP contribution in [0, 0.1) is 0 Å². The molecule has 1 atom stereocenters. The maximum Gasteiger partial charge on any atom is 0.0624 e. The first-order valence-electron chi connectivity index (χ1n) is 5.62. The Kier molecular flexibility index (Phi) is 4.99. The van der Waals surface area contributed by atoms with E-state index in [1.807, 2.05) is 12.1 Å². The van der Waals surface area contributed by atoms with Crippen LogP contribution in [0.25, 0.3) is 0 Å². The molecule has 0 bridgehead atoms. The van der Waals surface area contributed by atoms with E-state index >= 15 is 0 Å². The van der Waals surface area contributed by atoms with Crippen LogP contribution in [0.15, 0.2) is 36.4 Å². The highest BCUT2D eigenvalue weighted by Gasteiger charge is 2.12. The summed E-state index contributed by atoms with van der Waals surface area (Å²) in [7, 11) is 0. The van der Waals surface area contributed by atoms with Gasteiger partial charge in [0.15, 0.2) is 0 Å². The molecule has 0 heterocycles. The Hall–Kier alpha value is -0.440. The lowest BCUT2D eigenvalue weighted by atomic mass is 10.00. The van der Waals surface area contributed by atoms with Gasteiger partial charge in [-0.25, -0.2) is 0 Å². The van der Waals surface area contributed by atoms with Gasteiger partial charge in [0.05, 0.1) is 10.0 Å². The Morgan fingerprint density at radius 1 is 0.947 bits per heavy atom. The first-order valence-corrected chi connectivity index (χ1v) is 7.13. The SMILES string of the molecule is NC(Cc1cccc(Cl)c1Cl)c1cc(Cl)cc(Cl)c1. The van der Waals surface area contributed by atoms with E-state index in [0.29, 0.717) is 26.5 Å². The second-order valence-electron chi connectivity index (χ2n) is 4.23. The van der Waals surface area contributed by atoms with Crippen molar-refractivity contribution < 1.29 is 0 Å². The van der Waals surface area contributed by atoms with E-state index in [1.165, 1.54) is 0 Å². The molecule has 0 aliphatic rings. The molecule has 0 spiro atoms. The molecule has 2 rings (SSSR count). The summed E-state index contributed by atoms with van der Waals surface area (Å²) in [6.07, 6.45) is 0.566. The van der Waals surface area contributed by atoms with E-state index in [1.54, 1.807) is 24.3 Å². The minimum Gasteiger partial charge on any atom is -0.324 e. The van der Waals surface area contributed by atoms with Gasteiger partial charge in [-0.05, 0) is 41.8 Å². The fourth-order valence-corrected chi connectivity index (χ4v) is 2.79. The molecule has 19 heavy (non-hydrogen) atoms. The van der Waals surface area contributed by atoms with Crippen LogP contribution in [-0.4, -0.2) is 0 Å². The molecule has 1 unspecified atom stereocenters. The second kappa shape index (κ2) is 6.34. The predicted molar refractivity (Wildman–Crippen MR) is 83.6 cm³/mol. The van der Waals surface area contributed by atoms with Crippen molar-refractivity contribution in [2.75, 3.05) is 0 Å². The topological polar surface area (TPSA) is 26.0 Å². The zero-order chi connectivity index (χ0) is 14.0. The Labute approximate surface area is 132 Å². The summed E-state index contributed by atoms with van der Waals surface area (Å²) in [5.74, 6) is 0. The number of hydrogen-bond acceptors (Lipinski definition) is 1. The Morgan fingerprint density at radius 2 is 1.58 bits per heavy atom. The van der Waals surface area contributed by atoms with E-state index in [9.17, 15) is 0 Å². The van der Waals surface area contributed by atoms with E-state index in [4.69, 9.17) is 52.1 Å². The van der Waals surface area contributed by atoms with Crippen molar-refractivity contribution >= 4 is 46.4 Å². The summed E-state index contributed by atoms with van der Waals surface area (Å²) < 4.78 is 0. The molecule has 0 fully saturated rings. The third kappa shape index (κ3) is 3.77. The fourth-order valence-electron chi connectivity index (χ4n) is 1.85. The first-order chi connectivity index (χ1) is 8.97. The number of halogens is 4. The van der Waals surface area contributed by atoms with Crippen LogP contribution in [0.1, 0.15) is 17.2 Å². The van der Waals surface area contributed by atoms with E-state index in [2.05, 4.69) is 0 Å². The summed E-state index contributed by atoms with van der Waals surface area (Å²) >= 11 is 24.1. The third-order valence-corrected chi connectivity index (χ3v) is 4.08. The van der Waals surface area contributed by atoms with Gasteiger partial charge < -0.3 is 5.73 Å². The molecule has 2 aromatic rings. The molecule has 2 N–H and O–H groups in total. The van der Waals surface area contributed by atoms with Crippen molar-refractivity contribution in [3.05, 3.63) is 67.6 Å². The van der Waals surface area contributed by atoms with E-state index in [-0.39, 0.29) is 6.04 Å². The van der Waals surface area contributed by atoms with Gasteiger partial charge in [-0.15, -0.1) is 0 Å². The van der Waals surface area contributed by atoms with Crippen molar-refractivity contribution in [2.24, 2.45) is 5.73 Å². The Morgan fingerprint density at radius 3 is 2.21 bits per heavy atom. The van der Waals surface area contributed by atoms with Crippen molar-refractivity contribution in [3.8, 4) is 0 Å². The average molecular weight is 335 g/mol. The molecule has 0 aliphatic heterocycles. The van der Waals surface area contributed by atoms with Gasteiger partial charge in [-0.1, -0.05) is 58.5 Å². The van der Waals surface area contributed by atoms with Crippen molar-refractivity contribution in [2.45, 2.75) is 12.5 Å². The molecule has 1 nitrogen and oxygen atoms in total. The lowest BCUT2D eigenvalue weighted by molar-refractivity contribution is 0.722. The van der Waals surface area contributed by atoms with Crippen LogP contribution in [0.3, 0.4) is 0 Å². The Balaban J connectivity index is 2.25. The summed E-state index contributed by atoms with van der Waals surface area (Å²) in [5, 5.41) is 2.19. The maximum absolute atomic E-state index is 6.16. The molecule has 0 saturated carbocycles. The lowest BCUT2D eigenvalue weighted by Crippen LogP contribution is -2.13. The van der Waals surface area contributed by atoms with Crippen molar-refractivity contribution in [1.29, 1.82) is 0 Å². The average Bonchev–Trinajstić information content (AvgIpc) is 2.33. The molecule has 0 aliphatic carbocycles. The zero-order valence-corrected chi connectivity index (χ0v) is 12.9. The van der Waals surface area contributed by atoms with E-state index in [0.717, 1.165) is 11.1 Å². The second-order valence-corrected chi connectivity index (χ2v) is 5.88. The highest BCUT2D eigenvalue weighted by atomic mass is 35.5. The van der Waals surface area contributed by atoms with Gasteiger partial charge in [0.25, 0.3) is 0 Å². The van der Waals surface area contributed by atoms with Gasteiger partial charge in [0, 0.05) is 16.1 Å². The van der Waals surface area contributed by atoms with E-state index < -0.39 is 0 Å². The van der Waals surface area contributed by atoms with Crippen LogP contribution in [0.5, 0.6) is 0 Å². The minimum atomic E-state index is -0.243. The van der Waals surface area contributed by atoms with Gasteiger partial charge in [0.2, 0.25) is 0 Å². The van der Waals surface area contributed by atoms with Crippen molar-refractivity contribution in [3.63, 3.8) is 0 Å². The van der Waals surface area contributed by atoms with Crippen LogP contribution >= 0.6 is 46.4 Å². The molecule has 0 saturated heterocycles. The van der Waals surface area contributed by atoms with Crippen LogP contribution < -0.4 is 5.73 Å². The zero-order valence-electron chi connectivity index (χ0n) is 9.84. The third-order valence-electron chi connectivity index (χ3n) is 2.78. The molecule has 0 amide bonds. The highest BCUT2D eigenvalue weighted by molar-refractivity contribution is 6.42. The van der Waals surface area contributed by atoms with Crippen LogP contribution in [-0.2, 0) is 6.42 Å². The normalized spacial score (nSPS) is 12.5. The number of hydrogen-bond donors (Lipinski definition) is 1. The maximum atomic E-state index is 6.16. The molecule has 5 heteroatoms. The monoisotopic (exact) mass is 333 g/mol. The number of nitrogens with two attached hydrogens (primary N) is 1. The van der Waals surface area contributed by atoms with Crippen LogP contribution in [0.2, 0.25) is 20.1 Å². The van der Waals surface area contributed by atoms with Gasteiger partial charge in [-0.2, -0.15) is 0 Å². The predicted octanol–water partition coefficient (Wildman–Crippen LogP) is 5.54. The number of benzene rings is 2. The smallest absolute Gasteiger partial charge is 0.0624 e. The molecular formula is C14H11Cl4N. The van der Waals surface area contributed by atoms with Gasteiger partial charge in [-0.3, -0.25) is 0 Å². The van der Waals surface area contributed by atoms with Gasteiger partial charge in [0.1, 0.15) is 0 Å². The summed E-state index contributed by atoms with van der Waals surface area (Å²) in [5.41, 5.74) is 7.93. The summed E-state index contributed by atoms with van der Waals surface area (Å²) in [4.78, 5) is 0. The minimum absolute atomic E-state index is 0.243. The number of rotatable bonds is 3.